The lowest BCUT2D eigenvalue weighted by Gasteiger charge is -2.31. The second-order valence-electron chi connectivity index (χ2n) is 5.50. The zero-order valence-corrected chi connectivity index (χ0v) is 12.4. The maximum Gasteiger partial charge on any atom is 0.126 e. The molecule has 0 amide bonds. The van der Waals surface area contributed by atoms with E-state index >= 15 is 0 Å². The number of halogens is 1. The van der Waals surface area contributed by atoms with E-state index in [1.807, 2.05) is 25.1 Å². The van der Waals surface area contributed by atoms with Gasteiger partial charge in [0, 0.05) is 23.0 Å². The number of benzene rings is 2. The quantitative estimate of drug-likeness (QED) is 0.839. The molecule has 1 aliphatic heterocycles. The maximum absolute atomic E-state index is 6.30. The van der Waals surface area contributed by atoms with Gasteiger partial charge in [0.1, 0.15) is 11.9 Å². The summed E-state index contributed by atoms with van der Waals surface area (Å²) in [5.74, 6) is 0.885. The summed E-state index contributed by atoms with van der Waals surface area (Å²) in [5.41, 5.74) is 10.8. The summed E-state index contributed by atoms with van der Waals surface area (Å²) in [6, 6.07) is 12.2. The molecule has 1 unspecified atom stereocenters. The van der Waals surface area contributed by atoms with E-state index in [1.54, 1.807) is 0 Å². The van der Waals surface area contributed by atoms with Crippen molar-refractivity contribution in [1.82, 2.24) is 0 Å². The second kappa shape index (κ2) is 5.12. The monoisotopic (exact) mass is 287 g/mol. The standard InChI is InChI=1S/C17H18ClNO/c1-10-3-6-16-13(7-10)15(19)9-17(20-16)12-5-4-11(2)14(18)8-12/h3-8,15,17H,9,19H2,1-2H3/t15-,17?/m0/s1. The fourth-order valence-electron chi connectivity index (χ4n) is 2.64. The minimum absolute atomic E-state index is 0.00345. The molecule has 0 aliphatic carbocycles. The summed E-state index contributed by atoms with van der Waals surface area (Å²) in [6.07, 6.45) is 0.744. The Hall–Kier alpha value is -1.51. The number of hydrogen-bond donors (Lipinski definition) is 1. The predicted octanol–water partition coefficient (Wildman–Crippen LogP) is 4.48. The smallest absolute Gasteiger partial charge is 0.126 e. The van der Waals surface area contributed by atoms with Gasteiger partial charge in [0.15, 0.2) is 0 Å². The van der Waals surface area contributed by atoms with Crippen LogP contribution >= 0.6 is 11.6 Å². The summed E-state index contributed by atoms with van der Waals surface area (Å²) in [4.78, 5) is 0. The van der Waals surface area contributed by atoms with Gasteiger partial charge in [-0.25, -0.2) is 0 Å². The van der Waals surface area contributed by atoms with Crippen LogP contribution in [-0.4, -0.2) is 0 Å². The Labute approximate surface area is 124 Å². The highest BCUT2D eigenvalue weighted by Gasteiger charge is 2.27. The fourth-order valence-corrected chi connectivity index (χ4v) is 2.83. The Bertz CT molecular complexity index is 653. The van der Waals surface area contributed by atoms with Gasteiger partial charge in [0.05, 0.1) is 0 Å². The van der Waals surface area contributed by atoms with E-state index < -0.39 is 0 Å². The van der Waals surface area contributed by atoms with E-state index in [0.717, 1.165) is 33.9 Å². The van der Waals surface area contributed by atoms with Crippen LogP contribution in [0.15, 0.2) is 36.4 Å². The number of aryl methyl sites for hydroxylation is 2. The Morgan fingerprint density at radius 2 is 1.95 bits per heavy atom. The van der Waals surface area contributed by atoms with E-state index in [0.29, 0.717) is 0 Å². The first kappa shape index (κ1) is 13.5. The third kappa shape index (κ3) is 2.41. The van der Waals surface area contributed by atoms with Gasteiger partial charge in [-0.3, -0.25) is 0 Å². The summed E-state index contributed by atoms with van der Waals surface area (Å²) in [7, 11) is 0. The van der Waals surface area contributed by atoms with E-state index in [-0.39, 0.29) is 12.1 Å². The Morgan fingerprint density at radius 1 is 1.15 bits per heavy atom. The largest absolute Gasteiger partial charge is 0.485 e. The molecular weight excluding hydrogens is 270 g/mol. The van der Waals surface area contributed by atoms with Crippen molar-refractivity contribution in [2.45, 2.75) is 32.4 Å². The Balaban J connectivity index is 1.94. The number of ether oxygens (including phenoxy) is 1. The lowest BCUT2D eigenvalue weighted by atomic mass is 9.92. The third-order valence-corrected chi connectivity index (χ3v) is 4.28. The highest BCUT2D eigenvalue weighted by Crippen LogP contribution is 2.40. The van der Waals surface area contributed by atoms with Gasteiger partial charge < -0.3 is 10.5 Å². The molecular formula is C17H18ClNO. The molecule has 1 heterocycles. The summed E-state index contributed by atoms with van der Waals surface area (Å²) in [5, 5.41) is 0.773. The molecule has 0 radical (unpaired) electrons. The molecule has 0 bridgehead atoms. The van der Waals surface area contributed by atoms with E-state index in [2.05, 4.69) is 25.1 Å². The van der Waals surface area contributed by atoms with Crippen molar-refractivity contribution in [3.63, 3.8) is 0 Å². The van der Waals surface area contributed by atoms with Crippen molar-refractivity contribution in [3.05, 3.63) is 63.7 Å². The first-order valence-corrected chi connectivity index (χ1v) is 7.21. The lowest BCUT2D eigenvalue weighted by molar-refractivity contribution is 0.161. The van der Waals surface area contributed by atoms with E-state index in [4.69, 9.17) is 22.1 Å². The molecule has 1 aliphatic rings. The predicted molar refractivity (Wildman–Crippen MR) is 82.3 cm³/mol. The second-order valence-corrected chi connectivity index (χ2v) is 5.91. The minimum Gasteiger partial charge on any atom is -0.485 e. The molecule has 2 aromatic carbocycles. The molecule has 2 nitrogen and oxygen atoms in total. The van der Waals surface area contributed by atoms with Gasteiger partial charge in [0.25, 0.3) is 0 Å². The van der Waals surface area contributed by atoms with Gasteiger partial charge >= 0.3 is 0 Å². The van der Waals surface area contributed by atoms with E-state index in [9.17, 15) is 0 Å². The van der Waals surface area contributed by atoms with Crippen LogP contribution in [0.3, 0.4) is 0 Å². The molecule has 3 rings (SSSR count). The van der Waals surface area contributed by atoms with Crippen LogP contribution < -0.4 is 10.5 Å². The summed E-state index contributed by atoms with van der Waals surface area (Å²) in [6.45, 7) is 4.07. The molecule has 0 saturated carbocycles. The molecule has 0 fully saturated rings. The molecule has 0 saturated heterocycles. The summed E-state index contributed by atoms with van der Waals surface area (Å²) < 4.78 is 6.10. The van der Waals surface area contributed by atoms with Crippen molar-refractivity contribution >= 4 is 11.6 Å². The highest BCUT2D eigenvalue weighted by molar-refractivity contribution is 6.31. The Kier molecular flexibility index (Phi) is 3.45. The lowest BCUT2D eigenvalue weighted by Crippen LogP contribution is -2.24. The minimum atomic E-state index is -0.0293. The molecule has 2 aromatic rings. The van der Waals surface area contributed by atoms with Crippen LogP contribution in [0, 0.1) is 13.8 Å². The SMILES string of the molecule is Cc1ccc2c(c1)[C@@H](N)CC(c1ccc(C)c(Cl)c1)O2. The third-order valence-electron chi connectivity index (χ3n) is 3.87. The maximum atomic E-state index is 6.30. The number of nitrogens with two attached hydrogens (primary N) is 1. The van der Waals surface area contributed by atoms with Crippen LogP contribution in [0.1, 0.15) is 40.8 Å². The zero-order chi connectivity index (χ0) is 14.3. The molecule has 104 valence electrons. The number of hydrogen-bond acceptors (Lipinski definition) is 2. The van der Waals surface area contributed by atoms with Crippen molar-refractivity contribution in [3.8, 4) is 5.75 Å². The Morgan fingerprint density at radius 3 is 2.70 bits per heavy atom. The van der Waals surface area contributed by atoms with Crippen LogP contribution in [0.2, 0.25) is 5.02 Å². The fraction of sp³-hybridized carbons (Fsp3) is 0.294. The van der Waals surface area contributed by atoms with Gasteiger partial charge in [0.2, 0.25) is 0 Å². The van der Waals surface area contributed by atoms with Crippen molar-refractivity contribution < 1.29 is 4.74 Å². The molecule has 2 N–H and O–H groups in total. The molecule has 20 heavy (non-hydrogen) atoms. The topological polar surface area (TPSA) is 35.2 Å². The first-order chi connectivity index (χ1) is 9.54. The van der Waals surface area contributed by atoms with Crippen LogP contribution in [0.4, 0.5) is 0 Å². The van der Waals surface area contributed by atoms with Gasteiger partial charge in [-0.2, -0.15) is 0 Å². The van der Waals surface area contributed by atoms with Crippen LogP contribution in [-0.2, 0) is 0 Å². The van der Waals surface area contributed by atoms with E-state index in [1.165, 1.54) is 5.56 Å². The van der Waals surface area contributed by atoms with Gasteiger partial charge in [-0.05, 0) is 37.1 Å². The molecule has 3 heteroatoms. The summed E-state index contributed by atoms with van der Waals surface area (Å²) >= 11 is 6.20. The van der Waals surface area contributed by atoms with Gasteiger partial charge in [-0.15, -0.1) is 0 Å². The first-order valence-electron chi connectivity index (χ1n) is 6.83. The van der Waals surface area contributed by atoms with Crippen LogP contribution in [0.5, 0.6) is 5.75 Å². The number of rotatable bonds is 1. The zero-order valence-electron chi connectivity index (χ0n) is 11.7. The molecule has 0 spiro atoms. The normalized spacial score (nSPS) is 21.2. The van der Waals surface area contributed by atoms with Crippen molar-refractivity contribution in [1.29, 1.82) is 0 Å². The van der Waals surface area contributed by atoms with Crippen molar-refractivity contribution in [2.75, 3.05) is 0 Å². The van der Waals surface area contributed by atoms with Gasteiger partial charge in [-0.1, -0.05) is 41.4 Å². The average Bonchev–Trinajstić information content (AvgIpc) is 2.42. The molecule has 2 atom stereocenters. The molecule has 0 aromatic heterocycles. The van der Waals surface area contributed by atoms with Crippen LogP contribution in [0.25, 0.3) is 0 Å². The number of fused-ring (bicyclic) bond motifs is 1. The highest BCUT2D eigenvalue weighted by atomic mass is 35.5. The van der Waals surface area contributed by atoms with Crippen molar-refractivity contribution in [2.24, 2.45) is 5.73 Å². The average molecular weight is 288 g/mol.